The number of fused-ring (bicyclic) bond motifs is 1. The number of anilines is 1. The molecule has 2 heterocycles. The predicted octanol–water partition coefficient (Wildman–Crippen LogP) is 3.27. The minimum absolute atomic E-state index is 0.143. The number of rotatable bonds is 6. The maximum absolute atomic E-state index is 11.8. The van der Waals surface area contributed by atoms with E-state index in [1.807, 2.05) is 20.2 Å². The van der Waals surface area contributed by atoms with Crippen LogP contribution in [0, 0.1) is 0 Å². The first kappa shape index (κ1) is 17.6. The van der Waals surface area contributed by atoms with Crippen LogP contribution in [0.25, 0.3) is 10.9 Å². The fourth-order valence-corrected chi connectivity index (χ4v) is 3.74. The Morgan fingerprint density at radius 2 is 1.96 bits per heavy atom. The van der Waals surface area contributed by atoms with Gasteiger partial charge < -0.3 is 19.9 Å². The molecule has 2 N–H and O–H groups in total. The van der Waals surface area contributed by atoms with E-state index in [1.54, 1.807) is 0 Å². The molecular weight excluding hydrogens is 338 g/mol. The van der Waals surface area contributed by atoms with E-state index in [0.29, 0.717) is 13.2 Å². The van der Waals surface area contributed by atoms with Gasteiger partial charge in [-0.15, -0.1) is 0 Å². The van der Waals surface area contributed by atoms with Gasteiger partial charge in [-0.2, -0.15) is 0 Å². The number of benzene rings is 2. The minimum atomic E-state index is -0.209. The van der Waals surface area contributed by atoms with Crippen LogP contribution in [-0.4, -0.2) is 44.2 Å². The zero-order valence-electron chi connectivity index (χ0n) is 15.7. The smallest absolute Gasteiger partial charge is 0.323 e. The molecule has 2 aromatic carbocycles. The van der Waals surface area contributed by atoms with Crippen molar-refractivity contribution in [2.75, 3.05) is 32.1 Å². The normalized spacial score (nSPS) is 17.9. The third-order valence-corrected chi connectivity index (χ3v) is 5.31. The fraction of sp³-hybridized carbons (Fsp3) is 0.318. The van der Waals surface area contributed by atoms with E-state index in [1.165, 1.54) is 22.2 Å². The maximum atomic E-state index is 11.8. The van der Waals surface area contributed by atoms with Crippen LogP contribution in [0.1, 0.15) is 23.5 Å². The molecule has 2 atom stereocenters. The van der Waals surface area contributed by atoms with Crippen LogP contribution in [0.15, 0.2) is 54.7 Å². The molecule has 0 bridgehead atoms. The van der Waals surface area contributed by atoms with Gasteiger partial charge in [-0.25, -0.2) is 0 Å². The number of nitrogens with zero attached hydrogens (tertiary/aromatic N) is 1. The molecule has 0 spiro atoms. The molecular formula is C22H25N3O2. The molecule has 1 fully saturated rings. The van der Waals surface area contributed by atoms with E-state index in [2.05, 4.69) is 63.9 Å². The molecule has 0 unspecified atom stereocenters. The van der Waals surface area contributed by atoms with Crippen molar-refractivity contribution >= 4 is 22.6 Å². The van der Waals surface area contributed by atoms with E-state index >= 15 is 0 Å². The summed E-state index contributed by atoms with van der Waals surface area (Å²) in [7, 11) is 4.08. The molecule has 27 heavy (non-hydrogen) atoms. The number of hydrogen-bond acceptors (Lipinski definition) is 4. The van der Waals surface area contributed by atoms with Gasteiger partial charge in [0.25, 0.3) is 0 Å². The Hall–Kier alpha value is -2.79. The van der Waals surface area contributed by atoms with Crippen LogP contribution in [0.2, 0.25) is 0 Å². The molecule has 4 rings (SSSR count). The lowest BCUT2D eigenvalue weighted by atomic mass is 9.90. The summed E-state index contributed by atoms with van der Waals surface area (Å²) >= 11 is 0. The summed E-state index contributed by atoms with van der Waals surface area (Å²) in [4.78, 5) is 17.3. The number of cyclic esters (lactones) is 1. The summed E-state index contributed by atoms with van der Waals surface area (Å²) in [5.41, 5.74) is 4.76. The summed E-state index contributed by atoms with van der Waals surface area (Å²) in [6, 6.07) is 16.8. The van der Waals surface area contributed by atoms with Crippen LogP contribution in [0.5, 0.6) is 0 Å². The Balaban J connectivity index is 1.67. The molecule has 5 nitrogen and oxygen atoms in total. The third kappa shape index (κ3) is 3.55. The van der Waals surface area contributed by atoms with Crippen molar-refractivity contribution in [3.05, 3.63) is 65.9 Å². The summed E-state index contributed by atoms with van der Waals surface area (Å²) in [6.45, 7) is 1.19. The lowest BCUT2D eigenvalue weighted by Crippen LogP contribution is -2.36. The molecule has 0 radical (unpaired) electrons. The molecule has 5 heteroatoms. The van der Waals surface area contributed by atoms with Crippen molar-refractivity contribution in [3.8, 4) is 0 Å². The van der Waals surface area contributed by atoms with Crippen molar-refractivity contribution in [2.45, 2.75) is 18.4 Å². The summed E-state index contributed by atoms with van der Waals surface area (Å²) in [6.07, 6.45) is 2.82. The molecule has 1 aliphatic rings. The van der Waals surface area contributed by atoms with Crippen LogP contribution in [0.3, 0.4) is 0 Å². The monoisotopic (exact) mass is 363 g/mol. The largest absolute Gasteiger partial charge is 0.464 e. The quantitative estimate of drug-likeness (QED) is 0.660. The number of hydrogen-bond donors (Lipinski definition) is 2. The summed E-state index contributed by atoms with van der Waals surface area (Å²) < 4.78 is 5.09. The van der Waals surface area contributed by atoms with Gasteiger partial charge in [0.2, 0.25) is 0 Å². The van der Waals surface area contributed by atoms with E-state index in [-0.39, 0.29) is 17.9 Å². The van der Waals surface area contributed by atoms with Gasteiger partial charge in [-0.1, -0.05) is 30.3 Å². The van der Waals surface area contributed by atoms with Crippen LogP contribution in [0.4, 0.5) is 5.69 Å². The summed E-state index contributed by atoms with van der Waals surface area (Å²) in [5.74, 6) is 0.00129. The van der Waals surface area contributed by atoms with Gasteiger partial charge in [0, 0.05) is 55.8 Å². The van der Waals surface area contributed by atoms with Gasteiger partial charge in [-0.3, -0.25) is 4.79 Å². The Morgan fingerprint density at radius 3 is 2.67 bits per heavy atom. The second kappa shape index (κ2) is 7.45. The third-order valence-electron chi connectivity index (χ3n) is 5.31. The fourth-order valence-electron chi connectivity index (χ4n) is 3.74. The Morgan fingerprint density at radius 1 is 1.19 bits per heavy atom. The van der Waals surface area contributed by atoms with Crippen LogP contribution < -0.4 is 10.2 Å². The average Bonchev–Trinajstić information content (AvgIpc) is 3.29. The molecule has 1 saturated heterocycles. The highest BCUT2D eigenvalue weighted by Crippen LogP contribution is 2.31. The number of carbonyl (C=O) groups is 1. The zero-order chi connectivity index (χ0) is 18.8. The molecule has 0 saturated carbocycles. The predicted molar refractivity (Wildman–Crippen MR) is 108 cm³/mol. The second-order valence-corrected chi connectivity index (χ2v) is 7.25. The first-order chi connectivity index (χ1) is 13.1. The second-order valence-electron chi connectivity index (χ2n) is 7.25. The van der Waals surface area contributed by atoms with E-state index < -0.39 is 0 Å². The van der Waals surface area contributed by atoms with E-state index in [4.69, 9.17) is 4.74 Å². The number of nitrogens with one attached hydrogen (secondary N) is 2. The standard InChI is InChI=1S/C22H25N3O2/c1-25(2)16-9-7-15(8-10-16)18(13-24-21-11-12-27-22(21)26)19-14-23-20-6-4-3-5-17(19)20/h3-10,14,18,21,23-24H,11-13H2,1-2H3/t18-,21-/m1/s1. The maximum Gasteiger partial charge on any atom is 0.323 e. The highest BCUT2D eigenvalue weighted by molar-refractivity contribution is 5.84. The lowest BCUT2D eigenvalue weighted by Gasteiger charge is -2.21. The topological polar surface area (TPSA) is 57.4 Å². The number of esters is 1. The number of H-pyrrole nitrogens is 1. The van der Waals surface area contributed by atoms with Gasteiger partial charge in [-0.05, 0) is 29.3 Å². The average molecular weight is 363 g/mol. The van der Waals surface area contributed by atoms with Gasteiger partial charge in [0.15, 0.2) is 0 Å². The Kier molecular flexibility index (Phi) is 4.86. The number of aromatic nitrogens is 1. The number of aromatic amines is 1. The molecule has 1 aromatic heterocycles. The SMILES string of the molecule is CN(C)c1ccc([C@@H](CN[C@@H]2CCOC2=O)c2c[nH]c3ccccc23)cc1. The van der Waals surface area contributed by atoms with Gasteiger partial charge >= 0.3 is 5.97 Å². The summed E-state index contributed by atoms with van der Waals surface area (Å²) in [5, 5.41) is 4.64. The van der Waals surface area contributed by atoms with Gasteiger partial charge in [0.1, 0.15) is 6.04 Å². The van der Waals surface area contributed by atoms with Crippen molar-refractivity contribution < 1.29 is 9.53 Å². The van der Waals surface area contributed by atoms with Crippen molar-refractivity contribution in [1.29, 1.82) is 0 Å². The Bertz CT molecular complexity index is 930. The number of para-hydroxylation sites is 1. The first-order valence-electron chi connectivity index (χ1n) is 9.37. The molecule has 0 aliphatic carbocycles. The Labute approximate surface area is 159 Å². The number of carbonyl (C=O) groups excluding carboxylic acids is 1. The first-order valence-corrected chi connectivity index (χ1v) is 9.37. The molecule has 0 amide bonds. The lowest BCUT2D eigenvalue weighted by molar-refractivity contribution is -0.139. The molecule has 1 aliphatic heterocycles. The van der Waals surface area contributed by atoms with Crippen molar-refractivity contribution in [3.63, 3.8) is 0 Å². The van der Waals surface area contributed by atoms with Crippen LogP contribution >= 0.6 is 0 Å². The van der Waals surface area contributed by atoms with Gasteiger partial charge in [0.05, 0.1) is 6.61 Å². The molecule has 3 aromatic rings. The number of ether oxygens (including phenoxy) is 1. The highest BCUT2D eigenvalue weighted by atomic mass is 16.5. The van der Waals surface area contributed by atoms with E-state index in [0.717, 1.165) is 11.9 Å². The van der Waals surface area contributed by atoms with Crippen molar-refractivity contribution in [1.82, 2.24) is 10.3 Å². The van der Waals surface area contributed by atoms with Crippen molar-refractivity contribution in [2.24, 2.45) is 0 Å². The highest BCUT2D eigenvalue weighted by Gasteiger charge is 2.28. The van der Waals surface area contributed by atoms with Crippen LogP contribution in [-0.2, 0) is 9.53 Å². The molecule has 140 valence electrons. The zero-order valence-corrected chi connectivity index (χ0v) is 15.7. The van der Waals surface area contributed by atoms with E-state index in [9.17, 15) is 4.79 Å². The minimum Gasteiger partial charge on any atom is -0.464 e.